The summed E-state index contributed by atoms with van der Waals surface area (Å²) < 4.78 is 10.4. The number of hydrogen-bond acceptors (Lipinski definition) is 4. The predicted molar refractivity (Wildman–Crippen MR) is 68.1 cm³/mol. The van der Waals surface area contributed by atoms with Gasteiger partial charge in [-0.05, 0) is 25.1 Å². The van der Waals surface area contributed by atoms with E-state index in [1.807, 2.05) is 0 Å². The Labute approximate surface area is 104 Å². The molecule has 5 heteroatoms. The van der Waals surface area contributed by atoms with Gasteiger partial charge in [0.25, 0.3) is 5.56 Å². The van der Waals surface area contributed by atoms with Crippen molar-refractivity contribution in [3.8, 4) is 22.8 Å². The van der Waals surface area contributed by atoms with Crippen LogP contribution in [0.15, 0.2) is 29.1 Å². The first kappa shape index (κ1) is 12.2. The molecule has 1 aromatic carbocycles. The van der Waals surface area contributed by atoms with E-state index in [1.165, 1.54) is 6.07 Å². The van der Waals surface area contributed by atoms with Gasteiger partial charge in [-0.25, -0.2) is 4.98 Å². The number of rotatable bonds is 3. The SMILES string of the molecule is COc1ccc(OC)c(-c2cc(=O)[nH]c(C)n2)c1. The van der Waals surface area contributed by atoms with Crippen molar-refractivity contribution in [2.75, 3.05) is 14.2 Å². The third-order valence-corrected chi connectivity index (χ3v) is 2.54. The summed E-state index contributed by atoms with van der Waals surface area (Å²) in [6, 6.07) is 6.80. The first-order valence-electron chi connectivity index (χ1n) is 5.44. The average molecular weight is 246 g/mol. The summed E-state index contributed by atoms with van der Waals surface area (Å²) in [5.41, 5.74) is 1.10. The lowest BCUT2D eigenvalue weighted by Crippen LogP contribution is -2.08. The lowest BCUT2D eigenvalue weighted by molar-refractivity contribution is 0.404. The molecule has 0 aliphatic rings. The number of aromatic nitrogens is 2. The maximum atomic E-state index is 11.5. The number of ether oxygens (including phenoxy) is 2. The van der Waals surface area contributed by atoms with E-state index in [9.17, 15) is 4.79 Å². The Kier molecular flexibility index (Phi) is 3.32. The van der Waals surface area contributed by atoms with Crippen molar-refractivity contribution in [2.45, 2.75) is 6.92 Å². The second kappa shape index (κ2) is 4.91. The molecule has 18 heavy (non-hydrogen) atoms. The van der Waals surface area contributed by atoms with Crippen LogP contribution in [-0.4, -0.2) is 24.2 Å². The zero-order valence-electron chi connectivity index (χ0n) is 10.5. The van der Waals surface area contributed by atoms with E-state index >= 15 is 0 Å². The molecule has 2 rings (SSSR count). The highest BCUT2D eigenvalue weighted by Crippen LogP contribution is 2.31. The smallest absolute Gasteiger partial charge is 0.251 e. The third kappa shape index (κ3) is 2.34. The Morgan fingerprint density at radius 2 is 1.94 bits per heavy atom. The summed E-state index contributed by atoms with van der Waals surface area (Å²) in [4.78, 5) is 18.4. The molecule has 0 fully saturated rings. The van der Waals surface area contributed by atoms with Crippen LogP contribution in [0.3, 0.4) is 0 Å². The summed E-state index contributed by atoms with van der Waals surface area (Å²) in [6.07, 6.45) is 0. The average Bonchev–Trinajstić information content (AvgIpc) is 2.36. The first-order chi connectivity index (χ1) is 8.63. The minimum absolute atomic E-state index is 0.192. The number of methoxy groups -OCH3 is 2. The molecule has 1 aromatic heterocycles. The van der Waals surface area contributed by atoms with Gasteiger partial charge in [0.2, 0.25) is 0 Å². The monoisotopic (exact) mass is 246 g/mol. The van der Waals surface area contributed by atoms with Gasteiger partial charge in [0.15, 0.2) is 0 Å². The Morgan fingerprint density at radius 3 is 2.56 bits per heavy atom. The summed E-state index contributed by atoms with van der Waals surface area (Å²) in [7, 11) is 3.16. The molecule has 1 N–H and O–H groups in total. The lowest BCUT2D eigenvalue weighted by atomic mass is 10.1. The molecule has 0 amide bonds. The molecule has 5 nitrogen and oxygen atoms in total. The number of nitrogens with one attached hydrogen (secondary N) is 1. The molecule has 0 saturated carbocycles. The van der Waals surface area contributed by atoms with Gasteiger partial charge in [-0.3, -0.25) is 4.79 Å². The highest BCUT2D eigenvalue weighted by atomic mass is 16.5. The van der Waals surface area contributed by atoms with Gasteiger partial charge < -0.3 is 14.5 Å². The molecule has 94 valence electrons. The van der Waals surface area contributed by atoms with Crippen molar-refractivity contribution < 1.29 is 9.47 Å². The normalized spacial score (nSPS) is 10.2. The van der Waals surface area contributed by atoms with Crippen molar-refractivity contribution in [3.05, 3.63) is 40.4 Å². The van der Waals surface area contributed by atoms with Crippen LogP contribution in [0.2, 0.25) is 0 Å². The van der Waals surface area contributed by atoms with E-state index in [0.29, 0.717) is 23.0 Å². The van der Waals surface area contributed by atoms with Crippen molar-refractivity contribution >= 4 is 0 Å². The Balaban J connectivity index is 2.64. The fourth-order valence-corrected chi connectivity index (χ4v) is 1.73. The second-order valence-electron chi connectivity index (χ2n) is 3.78. The van der Waals surface area contributed by atoms with Crippen molar-refractivity contribution in [1.82, 2.24) is 9.97 Å². The molecule has 1 heterocycles. The van der Waals surface area contributed by atoms with Gasteiger partial charge in [0.1, 0.15) is 17.3 Å². The van der Waals surface area contributed by atoms with Crippen LogP contribution in [0, 0.1) is 6.92 Å². The number of aryl methyl sites for hydroxylation is 1. The largest absolute Gasteiger partial charge is 0.497 e. The zero-order chi connectivity index (χ0) is 13.1. The summed E-state index contributed by atoms with van der Waals surface area (Å²) in [5, 5.41) is 0. The lowest BCUT2D eigenvalue weighted by Gasteiger charge is -2.10. The predicted octanol–water partition coefficient (Wildman–Crippen LogP) is 1.76. The molecule has 0 saturated heterocycles. The van der Waals surface area contributed by atoms with Crippen LogP contribution in [0.25, 0.3) is 11.3 Å². The minimum atomic E-state index is -0.192. The van der Waals surface area contributed by atoms with Crippen LogP contribution in [0.4, 0.5) is 0 Å². The zero-order valence-corrected chi connectivity index (χ0v) is 10.5. The van der Waals surface area contributed by atoms with Gasteiger partial charge in [-0.15, -0.1) is 0 Å². The molecule has 0 radical (unpaired) electrons. The van der Waals surface area contributed by atoms with Crippen LogP contribution in [-0.2, 0) is 0 Å². The fourth-order valence-electron chi connectivity index (χ4n) is 1.73. The van der Waals surface area contributed by atoms with E-state index in [1.54, 1.807) is 39.3 Å². The highest BCUT2D eigenvalue weighted by molar-refractivity contribution is 5.68. The van der Waals surface area contributed by atoms with Crippen LogP contribution >= 0.6 is 0 Å². The van der Waals surface area contributed by atoms with Gasteiger partial charge in [-0.1, -0.05) is 0 Å². The number of nitrogens with zero attached hydrogens (tertiary/aromatic N) is 1. The molecule has 0 aliphatic heterocycles. The van der Waals surface area contributed by atoms with Crippen molar-refractivity contribution in [1.29, 1.82) is 0 Å². The Hall–Kier alpha value is -2.30. The van der Waals surface area contributed by atoms with Gasteiger partial charge in [0, 0.05) is 11.6 Å². The van der Waals surface area contributed by atoms with Gasteiger partial charge in [0.05, 0.1) is 19.9 Å². The molecular weight excluding hydrogens is 232 g/mol. The van der Waals surface area contributed by atoms with E-state index in [-0.39, 0.29) is 5.56 Å². The van der Waals surface area contributed by atoms with Crippen LogP contribution in [0.1, 0.15) is 5.82 Å². The molecule has 0 bridgehead atoms. The van der Waals surface area contributed by atoms with Crippen LogP contribution < -0.4 is 15.0 Å². The van der Waals surface area contributed by atoms with Gasteiger partial charge >= 0.3 is 0 Å². The number of H-pyrrole nitrogens is 1. The Bertz CT molecular complexity index is 620. The molecule has 0 spiro atoms. The topological polar surface area (TPSA) is 64.2 Å². The summed E-state index contributed by atoms with van der Waals surface area (Å²) in [6.45, 7) is 1.73. The maximum Gasteiger partial charge on any atom is 0.251 e. The molecule has 2 aromatic rings. The van der Waals surface area contributed by atoms with Crippen molar-refractivity contribution in [2.24, 2.45) is 0 Å². The van der Waals surface area contributed by atoms with Crippen molar-refractivity contribution in [3.63, 3.8) is 0 Å². The number of benzene rings is 1. The quantitative estimate of drug-likeness (QED) is 0.896. The van der Waals surface area contributed by atoms with E-state index in [2.05, 4.69) is 9.97 Å². The fraction of sp³-hybridized carbons (Fsp3) is 0.231. The molecule has 0 unspecified atom stereocenters. The maximum absolute atomic E-state index is 11.5. The number of hydrogen-bond donors (Lipinski definition) is 1. The van der Waals surface area contributed by atoms with E-state index in [0.717, 1.165) is 5.56 Å². The van der Waals surface area contributed by atoms with E-state index < -0.39 is 0 Å². The standard InChI is InChI=1S/C13H14N2O3/c1-8-14-11(7-13(16)15-8)10-6-9(17-2)4-5-12(10)18-3/h4-7H,1-3H3,(H,14,15,16). The third-order valence-electron chi connectivity index (χ3n) is 2.54. The Morgan fingerprint density at radius 1 is 1.17 bits per heavy atom. The summed E-state index contributed by atoms with van der Waals surface area (Å²) >= 11 is 0. The molecule has 0 aliphatic carbocycles. The highest BCUT2D eigenvalue weighted by Gasteiger charge is 2.10. The number of aromatic amines is 1. The first-order valence-corrected chi connectivity index (χ1v) is 5.44. The molecule has 0 atom stereocenters. The molecular formula is C13H14N2O3. The summed E-state index contributed by atoms with van der Waals surface area (Å²) in [5.74, 6) is 1.89. The minimum Gasteiger partial charge on any atom is -0.497 e. The van der Waals surface area contributed by atoms with Crippen LogP contribution in [0.5, 0.6) is 11.5 Å². The van der Waals surface area contributed by atoms with E-state index in [4.69, 9.17) is 9.47 Å². The van der Waals surface area contributed by atoms with Gasteiger partial charge in [-0.2, -0.15) is 0 Å². The second-order valence-corrected chi connectivity index (χ2v) is 3.78.